The Morgan fingerprint density at radius 1 is 0.329 bits per heavy atom. The van der Waals surface area contributed by atoms with Gasteiger partial charge in [0.15, 0.2) is 0 Å². The number of rotatable bonds is 72. The number of aliphatic hydroxyl groups is 2. The van der Waals surface area contributed by atoms with Crippen LogP contribution in [-0.4, -0.2) is 47.4 Å². The van der Waals surface area contributed by atoms with Crippen LogP contribution in [0.2, 0.25) is 0 Å². The zero-order chi connectivity index (χ0) is 59.2. The van der Waals surface area contributed by atoms with Crippen LogP contribution < -0.4 is 5.32 Å². The largest absolute Gasteiger partial charge is 0.466 e. The Balaban J connectivity index is 3.37. The molecule has 0 spiro atoms. The van der Waals surface area contributed by atoms with Gasteiger partial charge in [0, 0.05) is 12.8 Å². The maximum absolute atomic E-state index is 12.5. The van der Waals surface area contributed by atoms with Crippen molar-refractivity contribution < 1.29 is 24.5 Å². The summed E-state index contributed by atoms with van der Waals surface area (Å²) >= 11 is 0. The standard InChI is InChI=1S/C76H149NO5/c1-3-5-7-9-11-13-15-17-19-21-23-24-27-30-33-36-40-44-48-52-56-60-64-68-74(79)73(72-78)77-75(80)69-65-61-57-53-49-45-41-37-34-31-28-25-26-29-32-35-39-43-47-51-55-59-63-67-71-82-76(81)70-66-62-58-54-50-46-42-38-22-20-18-16-14-12-10-8-6-4-2/h64,68,73-74,78-79H,3-63,65-67,69-72H2,1-2H3,(H,77,80)/b68-64+. The third-order valence-corrected chi connectivity index (χ3v) is 18.1. The highest BCUT2D eigenvalue weighted by molar-refractivity contribution is 5.76. The summed E-state index contributed by atoms with van der Waals surface area (Å²) in [6.45, 7) is 4.96. The molecule has 0 fully saturated rings. The van der Waals surface area contributed by atoms with Gasteiger partial charge >= 0.3 is 5.97 Å². The average Bonchev–Trinajstić information content (AvgIpc) is 3.48. The zero-order valence-corrected chi connectivity index (χ0v) is 56.0. The highest BCUT2D eigenvalue weighted by Gasteiger charge is 2.18. The van der Waals surface area contributed by atoms with Gasteiger partial charge in [0.2, 0.25) is 5.91 Å². The summed E-state index contributed by atoms with van der Waals surface area (Å²) in [4.78, 5) is 24.7. The molecule has 0 saturated carbocycles. The van der Waals surface area contributed by atoms with E-state index in [9.17, 15) is 19.8 Å². The fourth-order valence-corrected chi connectivity index (χ4v) is 12.3. The number of ether oxygens (including phenoxy) is 1. The van der Waals surface area contributed by atoms with Crippen LogP contribution >= 0.6 is 0 Å². The molecule has 82 heavy (non-hydrogen) atoms. The normalized spacial score (nSPS) is 12.5. The second-order valence-corrected chi connectivity index (χ2v) is 26.4. The van der Waals surface area contributed by atoms with Gasteiger partial charge in [-0.05, 0) is 32.1 Å². The number of amides is 1. The zero-order valence-electron chi connectivity index (χ0n) is 56.0. The Morgan fingerprint density at radius 3 is 0.829 bits per heavy atom. The Hall–Kier alpha value is -1.40. The molecule has 0 aromatic rings. The molecule has 0 rings (SSSR count). The molecular formula is C76H149NO5. The topological polar surface area (TPSA) is 95.9 Å². The van der Waals surface area contributed by atoms with Crippen molar-refractivity contribution in [2.24, 2.45) is 0 Å². The van der Waals surface area contributed by atoms with Crippen molar-refractivity contribution in [3.63, 3.8) is 0 Å². The second-order valence-electron chi connectivity index (χ2n) is 26.4. The third kappa shape index (κ3) is 67.7. The van der Waals surface area contributed by atoms with E-state index in [1.807, 2.05) is 6.08 Å². The van der Waals surface area contributed by atoms with Crippen LogP contribution in [0.15, 0.2) is 12.2 Å². The first kappa shape index (κ1) is 80.6. The molecule has 0 aliphatic rings. The van der Waals surface area contributed by atoms with Gasteiger partial charge in [0.05, 0.1) is 25.4 Å². The monoisotopic (exact) mass is 1160 g/mol. The number of hydrogen-bond acceptors (Lipinski definition) is 5. The van der Waals surface area contributed by atoms with Gasteiger partial charge in [0.1, 0.15) is 0 Å². The third-order valence-electron chi connectivity index (χ3n) is 18.1. The van der Waals surface area contributed by atoms with Crippen LogP contribution in [-0.2, 0) is 14.3 Å². The molecule has 0 aromatic heterocycles. The maximum Gasteiger partial charge on any atom is 0.305 e. The molecule has 1 amide bonds. The Labute approximate surface area is 514 Å². The quantitative estimate of drug-likeness (QED) is 0.0320. The predicted molar refractivity (Wildman–Crippen MR) is 361 cm³/mol. The Bertz CT molecular complexity index is 1240. The summed E-state index contributed by atoms with van der Waals surface area (Å²) in [5.74, 6) is -0.0406. The number of esters is 1. The average molecular weight is 1160 g/mol. The Kier molecular flexibility index (Phi) is 70.8. The lowest BCUT2D eigenvalue weighted by molar-refractivity contribution is -0.143. The van der Waals surface area contributed by atoms with Gasteiger partial charge < -0.3 is 20.3 Å². The summed E-state index contributed by atoms with van der Waals surface area (Å²) < 4.78 is 5.51. The number of carbonyl (C=O) groups is 2. The van der Waals surface area contributed by atoms with Gasteiger partial charge in [-0.25, -0.2) is 0 Å². The number of hydrogen-bond donors (Lipinski definition) is 3. The minimum absolute atomic E-state index is 0.0208. The molecule has 0 aliphatic carbocycles. The lowest BCUT2D eigenvalue weighted by atomic mass is 10.0. The summed E-state index contributed by atoms with van der Waals surface area (Å²) in [6, 6.07) is -0.628. The van der Waals surface area contributed by atoms with E-state index < -0.39 is 12.1 Å². The number of carbonyl (C=O) groups excluding carboxylic acids is 2. The van der Waals surface area contributed by atoms with E-state index >= 15 is 0 Å². The second kappa shape index (κ2) is 72.1. The molecule has 6 heteroatoms. The fourth-order valence-electron chi connectivity index (χ4n) is 12.3. The maximum atomic E-state index is 12.5. The summed E-state index contributed by atoms with van der Waals surface area (Å²) in [7, 11) is 0. The molecular weight excluding hydrogens is 1010 g/mol. The first-order valence-corrected chi connectivity index (χ1v) is 38.0. The smallest absolute Gasteiger partial charge is 0.305 e. The van der Waals surface area contributed by atoms with Crippen molar-refractivity contribution in [3.05, 3.63) is 12.2 Å². The molecule has 488 valence electrons. The van der Waals surface area contributed by atoms with Crippen LogP contribution in [0.1, 0.15) is 438 Å². The van der Waals surface area contributed by atoms with E-state index in [1.54, 1.807) is 6.08 Å². The van der Waals surface area contributed by atoms with E-state index in [0.29, 0.717) is 19.4 Å². The SMILES string of the molecule is CCCCCCCCCCCCCCCCCCCCCCC/C=C/C(O)C(CO)NC(=O)CCCCCCCCCCCCCCCCCCCCCCCCCCOC(=O)CCCCCCCCCCCCCCCCCCCC. The summed E-state index contributed by atoms with van der Waals surface area (Å²) in [6.07, 6.45) is 90.2. The van der Waals surface area contributed by atoms with Gasteiger partial charge in [-0.1, -0.05) is 405 Å². The summed E-state index contributed by atoms with van der Waals surface area (Å²) in [5.41, 5.74) is 0. The van der Waals surface area contributed by atoms with Crippen LogP contribution in [0.5, 0.6) is 0 Å². The minimum atomic E-state index is -0.844. The molecule has 0 saturated heterocycles. The first-order valence-electron chi connectivity index (χ1n) is 38.0. The summed E-state index contributed by atoms with van der Waals surface area (Å²) in [5, 5.41) is 23.3. The van der Waals surface area contributed by atoms with Gasteiger partial charge in [-0.2, -0.15) is 0 Å². The molecule has 0 aromatic carbocycles. The van der Waals surface area contributed by atoms with Crippen LogP contribution in [0.4, 0.5) is 0 Å². The van der Waals surface area contributed by atoms with Gasteiger partial charge in [-0.3, -0.25) is 9.59 Å². The molecule has 2 unspecified atom stereocenters. The Morgan fingerprint density at radius 2 is 0.561 bits per heavy atom. The van der Waals surface area contributed by atoms with Crippen molar-refractivity contribution in [2.75, 3.05) is 13.2 Å². The molecule has 3 N–H and O–H groups in total. The van der Waals surface area contributed by atoms with Crippen molar-refractivity contribution in [1.29, 1.82) is 0 Å². The van der Waals surface area contributed by atoms with Crippen molar-refractivity contribution in [3.8, 4) is 0 Å². The highest BCUT2D eigenvalue weighted by Crippen LogP contribution is 2.20. The van der Waals surface area contributed by atoms with Crippen molar-refractivity contribution in [2.45, 2.75) is 450 Å². The van der Waals surface area contributed by atoms with Crippen molar-refractivity contribution in [1.82, 2.24) is 5.32 Å². The van der Waals surface area contributed by atoms with E-state index in [2.05, 4.69) is 19.2 Å². The van der Waals surface area contributed by atoms with Crippen LogP contribution in [0.25, 0.3) is 0 Å². The molecule has 0 aliphatic heterocycles. The minimum Gasteiger partial charge on any atom is -0.466 e. The molecule has 6 nitrogen and oxygen atoms in total. The van der Waals surface area contributed by atoms with Gasteiger partial charge in [-0.15, -0.1) is 0 Å². The lowest BCUT2D eigenvalue weighted by Gasteiger charge is -2.20. The van der Waals surface area contributed by atoms with E-state index in [1.165, 1.54) is 372 Å². The first-order chi connectivity index (χ1) is 40.5. The molecule has 2 atom stereocenters. The van der Waals surface area contributed by atoms with E-state index in [-0.39, 0.29) is 18.5 Å². The number of aliphatic hydroxyl groups excluding tert-OH is 2. The van der Waals surface area contributed by atoms with E-state index in [4.69, 9.17) is 4.74 Å². The molecule has 0 heterocycles. The van der Waals surface area contributed by atoms with Crippen LogP contribution in [0.3, 0.4) is 0 Å². The van der Waals surface area contributed by atoms with E-state index in [0.717, 1.165) is 38.5 Å². The fraction of sp³-hybridized carbons (Fsp3) is 0.947. The number of allylic oxidation sites excluding steroid dienone is 1. The number of unbranched alkanes of at least 4 members (excludes halogenated alkanes) is 61. The molecule has 0 radical (unpaired) electrons. The highest BCUT2D eigenvalue weighted by atomic mass is 16.5. The van der Waals surface area contributed by atoms with Crippen molar-refractivity contribution >= 4 is 11.9 Å². The number of nitrogens with one attached hydrogen (secondary N) is 1. The van der Waals surface area contributed by atoms with Gasteiger partial charge in [0.25, 0.3) is 0 Å². The predicted octanol–water partition coefficient (Wildman–Crippen LogP) is 24.7. The lowest BCUT2D eigenvalue weighted by Crippen LogP contribution is -2.45. The molecule has 0 bridgehead atoms. The van der Waals surface area contributed by atoms with Crippen LogP contribution in [0, 0.1) is 0 Å².